The lowest BCUT2D eigenvalue weighted by Gasteiger charge is -2.12. The van der Waals surface area contributed by atoms with E-state index in [4.69, 9.17) is 10.5 Å². The number of rotatable bonds is 8. The maximum atomic E-state index is 12.3. The van der Waals surface area contributed by atoms with E-state index in [2.05, 4.69) is 6.58 Å². The molecule has 0 spiro atoms. The summed E-state index contributed by atoms with van der Waals surface area (Å²) < 4.78 is 5.69. The van der Waals surface area contributed by atoms with Crippen molar-refractivity contribution in [3.8, 4) is 11.5 Å². The van der Waals surface area contributed by atoms with Crippen molar-refractivity contribution in [3.05, 3.63) is 71.8 Å². The van der Waals surface area contributed by atoms with Crippen LogP contribution >= 0.6 is 0 Å². The number of allylic oxidation sites excluding steroid dienone is 2. The zero-order valence-electron chi connectivity index (χ0n) is 14.4. The maximum absolute atomic E-state index is 12.3. The van der Waals surface area contributed by atoms with Crippen LogP contribution in [0.4, 0.5) is 5.69 Å². The molecule has 2 aromatic rings. The lowest BCUT2D eigenvalue weighted by Crippen LogP contribution is -1.99. The number of ketones is 1. The molecule has 0 atom stereocenters. The summed E-state index contributed by atoms with van der Waals surface area (Å²) in [6, 6.07) is 10.2. The smallest absolute Gasteiger partial charge is 0.185 e. The summed E-state index contributed by atoms with van der Waals surface area (Å²) in [6.07, 6.45) is 6.30. The van der Waals surface area contributed by atoms with E-state index in [1.807, 2.05) is 13.0 Å². The third-order valence-corrected chi connectivity index (χ3v) is 3.65. The molecule has 4 heteroatoms. The Bertz CT molecular complexity index is 776. The molecule has 2 rings (SSSR count). The molecule has 0 aliphatic rings. The standard InChI is InChI=1S/C21H23NO3/c1-3-5-16-13-17(21(14-20(16)24)25-12-4-2)8-11-19(23)15-6-9-18(22)10-7-15/h3,6-11,13-14,24H,1,4-5,12,22H2,2H3/b11-8+. The minimum atomic E-state index is -0.125. The largest absolute Gasteiger partial charge is 0.508 e. The van der Waals surface area contributed by atoms with E-state index in [1.165, 1.54) is 6.08 Å². The van der Waals surface area contributed by atoms with Gasteiger partial charge in [-0.15, -0.1) is 6.58 Å². The molecule has 2 aromatic carbocycles. The Morgan fingerprint density at radius 2 is 2.00 bits per heavy atom. The van der Waals surface area contributed by atoms with Crippen LogP contribution < -0.4 is 10.5 Å². The Hall–Kier alpha value is -3.01. The van der Waals surface area contributed by atoms with Crippen molar-refractivity contribution < 1.29 is 14.6 Å². The predicted octanol–water partition coefficient (Wildman–Crippen LogP) is 4.39. The van der Waals surface area contributed by atoms with E-state index < -0.39 is 0 Å². The SMILES string of the molecule is C=CCc1cc(/C=C/C(=O)c2ccc(N)cc2)c(OCCC)cc1O. The number of aromatic hydroxyl groups is 1. The van der Waals surface area contributed by atoms with E-state index >= 15 is 0 Å². The summed E-state index contributed by atoms with van der Waals surface area (Å²) in [5.74, 6) is 0.585. The number of phenols is 1. The van der Waals surface area contributed by atoms with Crippen molar-refractivity contribution in [2.75, 3.05) is 12.3 Å². The summed E-state index contributed by atoms with van der Waals surface area (Å²) in [6.45, 7) is 6.24. The lowest BCUT2D eigenvalue weighted by atomic mass is 10.0. The zero-order chi connectivity index (χ0) is 18.2. The first-order valence-corrected chi connectivity index (χ1v) is 8.22. The lowest BCUT2D eigenvalue weighted by molar-refractivity contribution is 0.104. The minimum absolute atomic E-state index is 0.125. The van der Waals surface area contributed by atoms with Crippen LogP contribution in [-0.2, 0) is 6.42 Å². The second-order valence-corrected chi connectivity index (χ2v) is 5.68. The van der Waals surface area contributed by atoms with Crippen molar-refractivity contribution >= 4 is 17.5 Å². The monoisotopic (exact) mass is 337 g/mol. The van der Waals surface area contributed by atoms with Crippen LogP contribution in [-0.4, -0.2) is 17.5 Å². The average molecular weight is 337 g/mol. The highest BCUT2D eigenvalue weighted by atomic mass is 16.5. The molecule has 0 bridgehead atoms. The van der Waals surface area contributed by atoms with Gasteiger partial charge in [-0.3, -0.25) is 4.79 Å². The highest BCUT2D eigenvalue weighted by Crippen LogP contribution is 2.30. The van der Waals surface area contributed by atoms with Crippen molar-refractivity contribution in [1.29, 1.82) is 0 Å². The second-order valence-electron chi connectivity index (χ2n) is 5.68. The summed E-state index contributed by atoms with van der Waals surface area (Å²) in [5.41, 5.74) is 8.29. The summed E-state index contributed by atoms with van der Waals surface area (Å²) >= 11 is 0. The van der Waals surface area contributed by atoms with Gasteiger partial charge in [0.1, 0.15) is 11.5 Å². The number of benzene rings is 2. The van der Waals surface area contributed by atoms with Crippen LogP contribution in [0.1, 0.15) is 34.8 Å². The van der Waals surface area contributed by atoms with Gasteiger partial charge in [0.05, 0.1) is 6.61 Å². The van der Waals surface area contributed by atoms with Crippen LogP contribution in [0, 0.1) is 0 Å². The van der Waals surface area contributed by atoms with Gasteiger partial charge in [0.15, 0.2) is 5.78 Å². The highest BCUT2D eigenvalue weighted by molar-refractivity contribution is 6.07. The normalized spacial score (nSPS) is 10.8. The van der Waals surface area contributed by atoms with E-state index in [1.54, 1.807) is 42.5 Å². The molecule has 0 fully saturated rings. The van der Waals surface area contributed by atoms with E-state index in [-0.39, 0.29) is 11.5 Å². The second kappa shape index (κ2) is 8.73. The molecular weight excluding hydrogens is 314 g/mol. The van der Waals surface area contributed by atoms with Crippen LogP contribution in [0.3, 0.4) is 0 Å². The van der Waals surface area contributed by atoms with Crippen molar-refractivity contribution in [2.45, 2.75) is 19.8 Å². The molecule has 0 heterocycles. The Balaban J connectivity index is 2.31. The summed E-state index contributed by atoms with van der Waals surface area (Å²) in [7, 11) is 0. The maximum Gasteiger partial charge on any atom is 0.185 e. The Morgan fingerprint density at radius 1 is 1.28 bits per heavy atom. The third-order valence-electron chi connectivity index (χ3n) is 3.65. The van der Waals surface area contributed by atoms with Gasteiger partial charge < -0.3 is 15.6 Å². The van der Waals surface area contributed by atoms with Crippen LogP contribution in [0.5, 0.6) is 11.5 Å². The Morgan fingerprint density at radius 3 is 2.64 bits per heavy atom. The van der Waals surface area contributed by atoms with Crippen molar-refractivity contribution in [2.24, 2.45) is 0 Å². The van der Waals surface area contributed by atoms with Crippen LogP contribution in [0.2, 0.25) is 0 Å². The molecule has 0 unspecified atom stereocenters. The van der Waals surface area contributed by atoms with E-state index in [9.17, 15) is 9.90 Å². The van der Waals surface area contributed by atoms with Gasteiger partial charge in [0, 0.05) is 22.9 Å². The number of phenolic OH excluding ortho intramolecular Hbond substituents is 1. The highest BCUT2D eigenvalue weighted by Gasteiger charge is 2.09. The Kier molecular flexibility index (Phi) is 6.40. The molecule has 0 radical (unpaired) electrons. The predicted molar refractivity (Wildman–Crippen MR) is 102 cm³/mol. The number of hydrogen-bond donors (Lipinski definition) is 2. The fourth-order valence-corrected chi connectivity index (χ4v) is 2.33. The van der Waals surface area contributed by atoms with Gasteiger partial charge in [-0.2, -0.15) is 0 Å². The fraction of sp³-hybridized carbons (Fsp3) is 0.190. The topological polar surface area (TPSA) is 72.6 Å². The number of nitrogens with two attached hydrogens (primary N) is 1. The summed E-state index contributed by atoms with van der Waals surface area (Å²) in [5, 5.41) is 10.1. The molecule has 0 aliphatic heterocycles. The first kappa shape index (κ1) is 18.3. The fourth-order valence-electron chi connectivity index (χ4n) is 2.33. The van der Waals surface area contributed by atoms with Crippen molar-refractivity contribution in [3.63, 3.8) is 0 Å². The number of carbonyl (C=O) groups is 1. The molecule has 25 heavy (non-hydrogen) atoms. The first-order valence-electron chi connectivity index (χ1n) is 8.22. The molecule has 0 saturated carbocycles. The Labute approximate surface area is 148 Å². The number of anilines is 1. The molecular formula is C21H23NO3. The zero-order valence-corrected chi connectivity index (χ0v) is 14.4. The molecule has 3 N–H and O–H groups in total. The molecule has 0 aromatic heterocycles. The molecule has 0 saturated heterocycles. The van der Waals surface area contributed by atoms with Gasteiger partial charge >= 0.3 is 0 Å². The quantitative estimate of drug-likeness (QED) is 0.324. The minimum Gasteiger partial charge on any atom is -0.508 e. The van der Waals surface area contributed by atoms with Gasteiger partial charge in [0.25, 0.3) is 0 Å². The first-order chi connectivity index (χ1) is 12.0. The molecule has 130 valence electrons. The summed E-state index contributed by atoms with van der Waals surface area (Å²) in [4.78, 5) is 12.3. The molecule has 0 amide bonds. The van der Waals surface area contributed by atoms with Crippen molar-refractivity contribution in [1.82, 2.24) is 0 Å². The van der Waals surface area contributed by atoms with Crippen LogP contribution in [0.25, 0.3) is 6.08 Å². The van der Waals surface area contributed by atoms with Crippen LogP contribution in [0.15, 0.2) is 55.1 Å². The van der Waals surface area contributed by atoms with Gasteiger partial charge in [-0.05, 0) is 60.9 Å². The van der Waals surface area contributed by atoms with Gasteiger partial charge in [0.2, 0.25) is 0 Å². The number of ether oxygens (including phenoxy) is 1. The van der Waals surface area contributed by atoms with E-state index in [0.717, 1.165) is 17.5 Å². The number of hydrogen-bond acceptors (Lipinski definition) is 4. The third kappa shape index (κ3) is 4.98. The molecule has 4 nitrogen and oxygen atoms in total. The number of carbonyl (C=O) groups excluding carboxylic acids is 1. The number of nitrogen functional groups attached to an aromatic ring is 1. The van der Waals surface area contributed by atoms with E-state index in [0.29, 0.717) is 30.0 Å². The molecule has 0 aliphatic carbocycles. The van der Waals surface area contributed by atoms with Gasteiger partial charge in [-0.25, -0.2) is 0 Å². The average Bonchev–Trinajstić information content (AvgIpc) is 2.61. The van der Waals surface area contributed by atoms with Gasteiger partial charge in [-0.1, -0.05) is 13.0 Å².